The van der Waals surface area contributed by atoms with Gasteiger partial charge in [0.05, 0.1) is 29.7 Å². The number of anilines is 5. The first-order chi connectivity index (χ1) is 25.4. The summed E-state index contributed by atoms with van der Waals surface area (Å²) in [4.78, 5) is 34.2. The van der Waals surface area contributed by atoms with Crippen molar-refractivity contribution in [2.24, 2.45) is 0 Å². The van der Waals surface area contributed by atoms with Crippen LogP contribution in [0.3, 0.4) is 0 Å². The number of ether oxygens (including phenoxy) is 1. The van der Waals surface area contributed by atoms with Crippen molar-refractivity contribution in [1.29, 1.82) is 0 Å². The van der Waals surface area contributed by atoms with E-state index in [1.807, 2.05) is 0 Å². The summed E-state index contributed by atoms with van der Waals surface area (Å²) in [5.74, 6) is -1.65. The maximum atomic E-state index is 14.1. The molecule has 1 saturated carbocycles. The molecule has 1 aliphatic carbocycles. The Hall–Kier alpha value is -4.54. The normalized spacial score (nSPS) is 21.1. The fourth-order valence-electron chi connectivity index (χ4n) is 7.39. The summed E-state index contributed by atoms with van der Waals surface area (Å²) in [6, 6.07) is 8.34. The Morgan fingerprint density at radius 3 is 2.19 bits per heavy atom. The molecule has 0 radical (unpaired) electrons. The van der Waals surface area contributed by atoms with Crippen LogP contribution in [0.4, 0.5) is 50.6 Å². The third kappa shape index (κ3) is 8.65. The molecule has 1 amide bonds. The number of benzene rings is 2. The van der Waals surface area contributed by atoms with Gasteiger partial charge in [-0.05, 0) is 62.4 Å². The van der Waals surface area contributed by atoms with E-state index in [0.717, 1.165) is 64.1 Å². The van der Waals surface area contributed by atoms with Crippen LogP contribution in [0.5, 0.6) is 5.75 Å². The van der Waals surface area contributed by atoms with Gasteiger partial charge >= 0.3 is 6.18 Å². The second-order valence-electron chi connectivity index (χ2n) is 13.9. The van der Waals surface area contributed by atoms with Crippen LogP contribution < -0.4 is 25.3 Å². The summed E-state index contributed by atoms with van der Waals surface area (Å²) in [7, 11) is 0. The average molecular weight is 743 g/mol. The molecular weight excluding hydrogens is 699 g/mol. The lowest BCUT2D eigenvalue weighted by atomic mass is 10.0. The summed E-state index contributed by atoms with van der Waals surface area (Å²) in [5, 5.41) is 7.28. The molecule has 0 bridgehead atoms. The van der Waals surface area contributed by atoms with E-state index < -0.39 is 35.9 Å². The van der Waals surface area contributed by atoms with E-state index in [2.05, 4.69) is 41.9 Å². The molecule has 4 fully saturated rings. The minimum atomic E-state index is -4.66. The van der Waals surface area contributed by atoms with E-state index in [1.54, 1.807) is 0 Å². The standard InChI is InChI=1S/C37H43F5N8O3/c1-3-36(51)46-29-19-30(45-34-21-35(44-22-43-34)50-31(8-15-52-50)24-16-25(38)18-26(39)17-24)33(53-23(2)37(40,41)42)20-32(29)49-9-6-28(7-10-49)48-13-11-47(12-14-48)27-4-5-27/h3,16-23,27-28,31H,1,4-15H2,2H3,(H,46,51)(H,43,44,45)/t23-,31-/m1/s1. The number of nitrogens with zero attached hydrogens (tertiary/aromatic N) is 6. The monoisotopic (exact) mass is 742 g/mol. The molecule has 53 heavy (non-hydrogen) atoms. The van der Waals surface area contributed by atoms with Crippen LogP contribution in [0.1, 0.15) is 50.6 Å². The molecule has 4 aliphatic rings. The van der Waals surface area contributed by atoms with Gasteiger partial charge in [0, 0.05) is 76.0 Å². The number of nitrogens with one attached hydrogen (secondary N) is 2. The molecule has 2 atom stereocenters. The molecule has 16 heteroatoms. The molecule has 1 aromatic heterocycles. The van der Waals surface area contributed by atoms with Crippen molar-refractivity contribution >= 4 is 34.6 Å². The second-order valence-corrected chi connectivity index (χ2v) is 13.9. The number of carbonyl (C=O) groups excluding carboxylic acids is 1. The molecule has 4 heterocycles. The quantitative estimate of drug-likeness (QED) is 0.166. The van der Waals surface area contributed by atoms with E-state index in [9.17, 15) is 26.7 Å². The first-order valence-electron chi connectivity index (χ1n) is 18.0. The van der Waals surface area contributed by atoms with Crippen LogP contribution in [0.25, 0.3) is 0 Å². The molecule has 3 aromatic rings. The highest BCUT2D eigenvalue weighted by Crippen LogP contribution is 2.42. The number of hydrogen-bond donors (Lipinski definition) is 2. The highest BCUT2D eigenvalue weighted by Gasteiger charge is 2.39. The molecular formula is C37H43F5N8O3. The van der Waals surface area contributed by atoms with E-state index in [1.165, 1.54) is 54.6 Å². The van der Waals surface area contributed by atoms with Gasteiger partial charge in [0.25, 0.3) is 0 Å². The van der Waals surface area contributed by atoms with Gasteiger partial charge in [-0.25, -0.2) is 23.8 Å². The number of carbonyl (C=O) groups is 1. The summed E-state index contributed by atoms with van der Waals surface area (Å²) in [6.45, 7) is 10.2. The van der Waals surface area contributed by atoms with Crippen LogP contribution in [0, 0.1) is 11.6 Å². The Morgan fingerprint density at radius 2 is 1.57 bits per heavy atom. The molecule has 11 nitrogen and oxygen atoms in total. The van der Waals surface area contributed by atoms with Crippen LogP contribution in [-0.2, 0) is 9.63 Å². The minimum Gasteiger partial charge on any atom is -0.479 e. The van der Waals surface area contributed by atoms with E-state index in [4.69, 9.17) is 9.57 Å². The molecule has 2 aromatic carbocycles. The maximum Gasteiger partial charge on any atom is 0.425 e. The molecule has 2 N–H and O–H groups in total. The van der Waals surface area contributed by atoms with E-state index in [-0.39, 0.29) is 29.7 Å². The number of hydrogen-bond acceptors (Lipinski definition) is 10. The minimum absolute atomic E-state index is 0.100. The van der Waals surface area contributed by atoms with Crippen LogP contribution in [0.15, 0.2) is 55.4 Å². The summed E-state index contributed by atoms with van der Waals surface area (Å²) in [6.07, 6.45) is 0.260. The fraction of sp³-hybridized carbons (Fsp3) is 0.486. The second kappa shape index (κ2) is 15.4. The highest BCUT2D eigenvalue weighted by atomic mass is 19.4. The highest BCUT2D eigenvalue weighted by molar-refractivity contribution is 6.02. The van der Waals surface area contributed by atoms with Crippen molar-refractivity contribution in [1.82, 2.24) is 19.8 Å². The topological polar surface area (TPSA) is 98.3 Å². The number of piperazine rings is 1. The fourth-order valence-corrected chi connectivity index (χ4v) is 7.39. The first kappa shape index (κ1) is 36.8. The van der Waals surface area contributed by atoms with Crippen molar-refractivity contribution in [2.45, 2.75) is 69.4 Å². The lowest BCUT2D eigenvalue weighted by molar-refractivity contribution is -0.189. The number of hydroxylamine groups is 1. The van der Waals surface area contributed by atoms with Gasteiger partial charge in [0.15, 0.2) is 11.9 Å². The zero-order valence-electron chi connectivity index (χ0n) is 29.4. The van der Waals surface area contributed by atoms with Crippen LogP contribution >= 0.6 is 0 Å². The smallest absolute Gasteiger partial charge is 0.425 e. The van der Waals surface area contributed by atoms with Gasteiger partial charge < -0.3 is 20.3 Å². The maximum absolute atomic E-state index is 14.1. The predicted octanol–water partition coefficient (Wildman–Crippen LogP) is 6.58. The van der Waals surface area contributed by atoms with Gasteiger partial charge in [-0.15, -0.1) is 0 Å². The van der Waals surface area contributed by atoms with Gasteiger partial charge in [-0.2, -0.15) is 13.2 Å². The molecule has 7 rings (SSSR count). The zero-order chi connectivity index (χ0) is 37.3. The van der Waals surface area contributed by atoms with E-state index >= 15 is 0 Å². The Labute approximate surface area is 304 Å². The van der Waals surface area contributed by atoms with Gasteiger partial charge in [-0.3, -0.25) is 19.4 Å². The van der Waals surface area contributed by atoms with Crippen LogP contribution in [0.2, 0.25) is 0 Å². The van der Waals surface area contributed by atoms with Crippen LogP contribution in [-0.4, -0.2) is 95.9 Å². The number of piperidine rings is 1. The molecule has 284 valence electrons. The Morgan fingerprint density at radius 1 is 0.906 bits per heavy atom. The summed E-state index contributed by atoms with van der Waals surface area (Å²) < 4.78 is 75.3. The van der Waals surface area contributed by atoms with Gasteiger partial charge in [0.1, 0.15) is 29.5 Å². The Balaban J connectivity index is 1.15. The first-order valence-corrected chi connectivity index (χ1v) is 18.0. The summed E-state index contributed by atoms with van der Waals surface area (Å²) >= 11 is 0. The van der Waals surface area contributed by atoms with Crippen molar-refractivity contribution in [3.63, 3.8) is 0 Å². The number of rotatable bonds is 11. The predicted molar refractivity (Wildman–Crippen MR) is 190 cm³/mol. The number of amides is 1. The number of aromatic nitrogens is 2. The lowest BCUT2D eigenvalue weighted by Gasteiger charge is -2.43. The third-order valence-corrected chi connectivity index (χ3v) is 10.4. The van der Waals surface area contributed by atoms with Gasteiger partial charge in [-0.1, -0.05) is 6.58 Å². The van der Waals surface area contributed by atoms with Crippen molar-refractivity contribution < 1.29 is 36.3 Å². The SMILES string of the molecule is C=CC(=O)Nc1cc(Nc2cc(N3OCC[C@@H]3c3cc(F)cc(F)c3)ncn2)c(O[C@H](C)C(F)(F)F)cc1N1CCC(N2CCN(C3CC3)CC2)CC1. The Bertz CT molecular complexity index is 1770. The van der Waals surface area contributed by atoms with Crippen molar-refractivity contribution in [3.8, 4) is 5.75 Å². The van der Waals surface area contributed by atoms with E-state index in [0.29, 0.717) is 42.5 Å². The zero-order valence-corrected chi connectivity index (χ0v) is 29.4. The lowest BCUT2D eigenvalue weighted by Crippen LogP contribution is -2.53. The largest absolute Gasteiger partial charge is 0.479 e. The molecule has 3 saturated heterocycles. The number of halogens is 5. The molecule has 0 unspecified atom stereocenters. The van der Waals surface area contributed by atoms with Crippen molar-refractivity contribution in [2.75, 3.05) is 66.5 Å². The third-order valence-electron chi connectivity index (χ3n) is 10.4. The van der Waals surface area contributed by atoms with Gasteiger partial charge in [0.2, 0.25) is 5.91 Å². The Kier molecular flexibility index (Phi) is 10.7. The summed E-state index contributed by atoms with van der Waals surface area (Å²) in [5.41, 5.74) is 1.32. The van der Waals surface area contributed by atoms with Crippen molar-refractivity contribution in [3.05, 3.63) is 72.6 Å². The molecule has 3 aliphatic heterocycles. The molecule has 0 spiro atoms. The number of alkyl halides is 3. The average Bonchev–Trinajstić information content (AvgIpc) is 3.87.